The van der Waals surface area contributed by atoms with E-state index in [9.17, 15) is 43.5 Å². The summed E-state index contributed by atoms with van der Waals surface area (Å²) >= 11 is 5.88. The third-order valence-electron chi connectivity index (χ3n) is 13.0. The summed E-state index contributed by atoms with van der Waals surface area (Å²) in [4.78, 5) is 137. The Balaban J connectivity index is 1.12. The summed E-state index contributed by atoms with van der Waals surface area (Å²) < 4.78 is 18.4. The summed E-state index contributed by atoms with van der Waals surface area (Å²) in [5.41, 5.74) is 32.3. The summed E-state index contributed by atoms with van der Waals surface area (Å²) in [5.74, 6) is -0.319. The first kappa shape index (κ1) is 75.8. The Labute approximate surface area is 553 Å². The Hall–Kier alpha value is -7.93. The molecule has 0 aromatic carbocycles. The number of anilines is 9. The predicted molar refractivity (Wildman–Crippen MR) is 355 cm³/mol. The van der Waals surface area contributed by atoms with Crippen LogP contribution in [0, 0.1) is 0 Å². The van der Waals surface area contributed by atoms with E-state index in [4.69, 9.17) is 48.6 Å². The number of urea groups is 1. The summed E-state index contributed by atoms with van der Waals surface area (Å²) in [6.07, 6.45) is 2.41. The number of rotatable bonds is 49. The van der Waals surface area contributed by atoms with Crippen molar-refractivity contribution in [2.45, 2.75) is 86.7 Å². The van der Waals surface area contributed by atoms with E-state index >= 15 is 0 Å². The van der Waals surface area contributed by atoms with Crippen molar-refractivity contribution in [2.24, 2.45) is 0 Å². The number of carboxylic acid groups (broad SMARTS) is 1. The van der Waals surface area contributed by atoms with Crippen LogP contribution in [-0.2, 0) is 47.8 Å². The molecule has 5 heterocycles. The molecule has 3 aromatic rings. The molecule has 0 unspecified atom stereocenters. The second kappa shape index (κ2) is 42.3. The lowest BCUT2D eigenvalue weighted by Gasteiger charge is -2.34. The number of aromatic nitrogens is 9. The fourth-order valence-corrected chi connectivity index (χ4v) is 12.3. The Bertz CT molecular complexity index is 2620. The van der Waals surface area contributed by atoms with Crippen molar-refractivity contribution in [3.8, 4) is 0 Å². The minimum absolute atomic E-state index is 0.0232. The van der Waals surface area contributed by atoms with Gasteiger partial charge in [0.2, 0.25) is 89.0 Å². The molecule has 0 saturated carbocycles. The zero-order valence-corrected chi connectivity index (χ0v) is 54.6. The fraction of sp³-hybridized carbons (Fsp3) is 0.667. The van der Waals surface area contributed by atoms with Crippen LogP contribution in [-0.4, -0.2) is 252 Å². The molecule has 5 rings (SSSR count). The minimum Gasteiger partial charge on any atom is -0.480 e. The Morgan fingerprint density at radius 1 is 0.527 bits per heavy atom. The molecule has 93 heavy (non-hydrogen) atoms. The zero-order chi connectivity index (χ0) is 67.2. The number of thioether (sulfide) groups is 4. The number of hydrogen-bond donors (Lipinski definition) is 18. The van der Waals surface area contributed by atoms with E-state index in [0.717, 1.165) is 12.2 Å². The molecule has 0 radical (unpaired) electrons. The van der Waals surface area contributed by atoms with E-state index in [2.05, 4.69) is 103 Å². The van der Waals surface area contributed by atoms with Crippen LogP contribution in [0.2, 0.25) is 0 Å². The highest BCUT2D eigenvalue weighted by molar-refractivity contribution is 8.00. The molecule has 24 N–H and O–H groups in total. The summed E-state index contributed by atoms with van der Waals surface area (Å²) in [7, 11) is 0. The van der Waals surface area contributed by atoms with Gasteiger partial charge in [0.25, 0.3) is 0 Å². The molecule has 0 aliphatic carbocycles. The van der Waals surface area contributed by atoms with E-state index in [1.165, 1.54) is 35.3 Å². The molecule has 0 bridgehead atoms. The topological polar surface area (TPSA) is 589 Å². The first-order chi connectivity index (χ1) is 44.7. The quantitative estimate of drug-likeness (QED) is 0.0190. The van der Waals surface area contributed by atoms with Crippen LogP contribution in [0.25, 0.3) is 0 Å². The van der Waals surface area contributed by atoms with Crippen molar-refractivity contribution in [2.75, 3.05) is 176 Å². The molecule has 0 spiro atoms. The van der Waals surface area contributed by atoms with Crippen molar-refractivity contribution in [1.29, 1.82) is 0 Å². The van der Waals surface area contributed by atoms with Crippen LogP contribution in [0.15, 0.2) is 0 Å². The lowest BCUT2D eigenvalue weighted by molar-refractivity contribution is -0.142. The molecule has 2 aliphatic rings. The number of amides is 8. The number of aliphatic carboxylic acids is 1. The van der Waals surface area contributed by atoms with Crippen LogP contribution in [0.3, 0.4) is 0 Å². The van der Waals surface area contributed by atoms with Gasteiger partial charge in [-0.2, -0.15) is 91.9 Å². The van der Waals surface area contributed by atoms with Gasteiger partial charge in [0.1, 0.15) is 11.6 Å². The minimum atomic E-state index is -1.44. The molecule has 38 nitrogen and oxygen atoms in total. The van der Waals surface area contributed by atoms with Gasteiger partial charge in [0, 0.05) is 113 Å². The monoisotopic (exact) mass is 1380 g/mol. The number of nitrogens with zero attached hydrogens (tertiary/aromatic N) is 9. The molecular formula is C51H86N26O12S4. The zero-order valence-electron chi connectivity index (χ0n) is 51.4. The largest absolute Gasteiger partial charge is 0.480 e. The third-order valence-corrected chi connectivity index (χ3v) is 17.4. The normalized spacial score (nSPS) is 15.2. The number of nitrogen functional groups attached to an aromatic ring is 6. The number of carboxylic acids is 1. The van der Waals surface area contributed by atoms with E-state index in [1.807, 2.05) is 0 Å². The number of nitrogens with two attached hydrogens (primary N) is 6. The highest BCUT2D eigenvalue weighted by Gasteiger charge is 2.42. The van der Waals surface area contributed by atoms with Gasteiger partial charge >= 0.3 is 12.0 Å². The van der Waals surface area contributed by atoms with E-state index < -0.39 is 41.8 Å². The number of ether oxygens (including phenoxy) is 3. The van der Waals surface area contributed by atoms with Gasteiger partial charge in [-0.05, 0) is 32.1 Å². The second-order valence-electron chi connectivity index (χ2n) is 20.8. The van der Waals surface area contributed by atoms with Gasteiger partial charge in [0.15, 0.2) is 0 Å². The number of hydrogen-bond acceptors (Lipinski definition) is 33. The van der Waals surface area contributed by atoms with Gasteiger partial charge in [-0.25, -0.2) is 9.59 Å². The van der Waals surface area contributed by atoms with Gasteiger partial charge in [-0.3, -0.25) is 28.8 Å². The van der Waals surface area contributed by atoms with Crippen LogP contribution >= 0.6 is 47.0 Å². The predicted octanol–water partition coefficient (Wildman–Crippen LogP) is -3.81. The standard InChI is InChI=1S/C51H86N26O12S4/c52-41-68-42(53)72-47(71-41)61-13-19-90-24-36(81)58-10-3-16-87-27-51(28-88-17-4-11-59-37(82)25-91-20-14-62-48-73-43(54)69-44(55)74-48,29-89-18-5-12-60-38(83)26-92-21-15-63-49-75-45(56)70-46(57)76-49)77-35(80)9-8-33(78)64-22-30(40(84)85)65-34(79)7-2-1-6-32-39-31(23-93-32)66-50(86)67-39/h30-32,39H,1-29H2,(H,58,81)(H,59,82)(H,60,83)(H,64,78)(H,65,79)(H,77,80)(H,84,85)(H2,66,67,86)(H5,52,53,61,68,71,72)(H5,54,55,62,69,73,74)(H5,56,57,63,70,75,76)/t30-,31-,32-,39-/m0/s1. The molecule has 2 saturated heterocycles. The van der Waals surface area contributed by atoms with Crippen molar-refractivity contribution in [3.63, 3.8) is 0 Å². The van der Waals surface area contributed by atoms with E-state index in [1.54, 1.807) is 11.8 Å². The lowest BCUT2D eigenvalue weighted by Crippen LogP contribution is -2.59. The SMILES string of the molecule is Nc1nc(N)nc(NCCSCC(=O)NCCCOCC(COCCCNC(=O)CSCCNc2nc(N)nc(N)n2)(COCCCNC(=O)CSCCNc2nc(N)nc(N)n2)NC(=O)CCC(=O)NC[C@H](NC(=O)CCCC[C@@H]2SC[C@@H]3NC(=O)N[C@@H]32)C(=O)O)n1. The molecule has 4 atom stereocenters. The molecule has 42 heteroatoms. The molecule has 8 amide bonds. The second-order valence-corrected chi connectivity index (χ2v) is 25.4. The Morgan fingerprint density at radius 2 is 0.946 bits per heavy atom. The first-order valence-electron chi connectivity index (χ1n) is 29.8. The maximum atomic E-state index is 13.9. The number of unbranched alkanes of at least 4 members (excludes halogenated alkanes) is 1. The Morgan fingerprint density at radius 3 is 1.37 bits per heavy atom. The molecule has 2 aliphatic heterocycles. The molecular weight excluding hydrogens is 1300 g/mol. The number of fused-ring (bicyclic) bond motifs is 1. The van der Waals surface area contributed by atoms with Gasteiger partial charge < -0.3 is 112 Å². The van der Waals surface area contributed by atoms with Crippen molar-refractivity contribution >= 4 is 148 Å². The average molecular weight is 1380 g/mol. The average Bonchev–Trinajstić information content (AvgIpc) is 1.69. The summed E-state index contributed by atoms with van der Waals surface area (Å²) in [6.45, 7) is 1.50. The van der Waals surface area contributed by atoms with Gasteiger partial charge in [0.05, 0.1) is 49.2 Å². The maximum Gasteiger partial charge on any atom is 0.328 e. The highest BCUT2D eigenvalue weighted by atomic mass is 32.2. The van der Waals surface area contributed by atoms with Crippen molar-refractivity contribution in [1.82, 2.24) is 87.4 Å². The van der Waals surface area contributed by atoms with Crippen LogP contribution in [0.4, 0.5) is 58.3 Å². The number of nitrogens with one attached hydrogen (secondary N) is 11. The molecule has 3 aromatic heterocycles. The molecule has 2 fully saturated rings. The van der Waals surface area contributed by atoms with Crippen molar-refractivity contribution < 1.29 is 57.7 Å². The number of carbonyl (C=O) groups is 8. The summed E-state index contributed by atoms with van der Waals surface area (Å²) in [5, 5.41) is 41.3. The van der Waals surface area contributed by atoms with Crippen LogP contribution in [0.1, 0.15) is 57.8 Å². The molecule has 516 valence electrons. The Kier molecular flexibility index (Phi) is 34.5. The highest BCUT2D eigenvalue weighted by Crippen LogP contribution is 2.33. The summed E-state index contributed by atoms with van der Waals surface area (Å²) in [6, 6.07) is -1.52. The fourth-order valence-electron chi connectivity index (χ4n) is 8.69. The van der Waals surface area contributed by atoms with Crippen LogP contribution < -0.4 is 92.9 Å². The van der Waals surface area contributed by atoms with E-state index in [-0.39, 0.29) is 190 Å². The van der Waals surface area contributed by atoms with Gasteiger partial charge in [-0.1, -0.05) is 6.42 Å². The number of carbonyl (C=O) groups excluding carboxylic acids is 7. The van der Waals surface area contributed by atoms with Crippen LogP contribution in [0.5, 0.6) is 0 Å². The van der Waals surface area contributed by atoms with Crippen molar-refractivity contribution in [3.05, 3.63) is 0 Å². The third kappa shape index (κ3) is 32.0. The first-order valence-corrected chi connectivity index (χ1v) is 34.3. The smallest absolute Gasteiger partial charge is 0.328 e. The van der Waals surface area contributed by atoms with Gasteiger partial charge in [-0.15, -0.1) is 0 Å². The lowest BCUT2D eigenvalue weighted by atomic mass is 10.0. The van der Waals surface area contributed by atoms with E-state index in [0.29, 0.717) is 69.0 Å². The maximum absolute atomic E-state index is 13.9.